The number of hydrogen-bond donors (Lipinski definition) is 8. The molecule has 0 aromatic rings. The first-order valence-corrected chi connectivity index (χ1v) is 26.1. The van der Waals surface area contributed by atoms with Gasteiger partial charge in [-0.3, -0.25) is 42.5 Å². The van der Waals surface area contributed by atoms with E-state index < -0.39 is 98.0 Å². The summed E-state index contributed by atoms with van der Waals surface area (Å²) in [4.78, 5) is 0. The molecule has 8 N–H and O–H groups in total. The van der Waals surface area contributed by atoms with E-state index in [1.54, 1.807) is 0 Å². The van der Waals surface area contributed by atoms with Crippen LogP contribution in [0.5, 0.6) is 0 Å². The van der Waals surface area contributed by atoms with Gasteiger partial charge in [0.15, 0.2) is 0 Å². The summed E-state index contributed by atoms with van der Waals surface area (Å²) >= 11 is 0. The monoisotopic (exact) mass is 948 g/mol. The van der Waals surface area contributed by atoms with E-state index in [9.17, 15) is 51.9 Å². The zero-order chi connectivity index (χ0) is 39.7. The van der Waals surface area contributed by atoms with Crippen LogP contribution in [0.15, 0.2) is 0 Å². The molecular formula is C32H52Ca2N8O12S4. The molecule has 20 atom stereocenters. The summed E-state index contributed by atoms with van der Waals surface area (Å²) in [7, 11) is -24.4. The van der Waals surface area contributed by atoms with Crippen molar-refractivity contribution in [3.63, 3.8) is 0 Å². The van der Waals surface area contributed by atoms with Crippen molar-refractivity contribution < 1.29 is 51.9 Å². The second-order valence-corrected chi connectivity index (χ2v) is 24.1. The van der Waals surface area contributed by atoms with Crippen LogP contribution in [0.3, 0.4) is 0 Å². The average Bonchev–Trinajstić information content (AvgIpc) is 3.84. The third-order valence-corrected chi connectivity index (χ3v) is 20.9. The molecule has 320 valence electrons. The Balaban J connectivity index is 0.00000256. The maximum absolute atomic E-state index is 13.3. The topological polar surface area (TPSA) is 325 Å². The molecule has 20 unspecified atom stereocenters. The second-order valence-electron chi connectivity index (χ2n) is 18.0. The van der Waals surface area contributed by atoms with Crippen LogP contribution >= 0.6 is 0 Å². The number of fused-ring (bicyclic) bond motifs is 20. The van der Waals surface area contributed by atoms with Crippen LogP contribution in [0.25, 0.3) is 0 Å². The Hall–Kier alpha value is 1.84. The van der Waals surface area contributed by atoms with E-state index in [4.69, 9.17) is 0 Å². The van der Waals surface area contributed by atoms with Crippen molar-refractivity contribution in [2.45, 2.75) is 147 Å². The molecule has 8 bridgehead atoms. The van der Waals surface area contributed by atoms with Gasteiger partial charge in [0.05, 0.1) is 90.6 Å². The van der Waals surface area contributed by atoms with Crippen LogP contribution in [-0.2, 0) is 40.5 Å². The van der Waals surface area contributed by atoms with E-state index in [0.29, 0.717) is 11.8 Å². The number of rotatable bonds is 4. The molecule has 5 aliphatic heterocycles. The summed E-state index contributed by atoms with van der Waals surface area (Å²) in [6.07, 6.45) is 6.60. The maximum atomic E-state index is 13.3. The third kappa shape index (κ3) is 8.67. The minimum atomic E-state index is -6.22. The molecule has 0 amide bonds. The van der Waals surface area contributed by atoms with Gasteiger partial charge < -0.3 is 18.2 Å². The van der Waals surface area contributed by atoms with Crippen molar-refractivity contribution in [1.82, 2.24) is 42.5 Å². The summed E-state index contributed by atoms with van der Waals surface area (Å²) in [5, 5.41) is 16.2. The summed E-state index contributed by atoms with van der Waals surface area (Å²) in [6, 6.07) is 0. The van der Waals surface area contributed by atoms with E-state index in [1.807, 2.05) is 0 Å². The minimum Gasteiger partial charge on any atom is -0.748 e. The molecule has 0 spiro atoms. The zero-order valence-electron chi connectivity index (χ0n) is 32.0. The fraction of sp³-hybridized carbons (Fsp3) is 1.00. The fourth-order valence-electron chi connectivity index (χ4n) is 13.4. The summed E-state index contributed by atoms with van der Waals surface area (Å²) in [5.74, 6) is -3.14. The molecule has 26 heteroatoms. The normalized spacial score (nSPS) is 49.3. The van der Waals surface area contributed by atoms with E-state index in [-0.39, 0.29) is 124 Å². The molecule has 0 radical (unpaired) electrons. The van der Waals surface area contributed by atoms with Gasteiger partial charge in [0.1, 0.15) is 20.2 Å². The van der Waals surface area contributed by atoms with Crippen molar-refractivity contribution >= 4 is 116 Å². The van der Waals surface area contributed by atoms with Gasteiger partial charge in [0.2, 0.25) is 0 Å². The van der Waals surface area contributed by atoms with E-state index in [0.717, 1.165) is 77.0 Å². The standard InChI is InChI=1S/C32H56N8O12S4.2Ca/c41-53(42,43)21-19-20(22(54(44,45)46)24(56(50,51)52)23(21)55(47,48)49)32-39-30-18-12-6-4-10-16(18)28(37-30)35-26-14-8-2-1-7-13(14)25(33-26)34-27-15-9-3-5-11-17(15)29(36-27)38-31(19)40-32;;/h13-40H,1-12H2,(H,41,42,43)(H,44,45,46)(H,47,48,49)(H,50,51,52);;/q;2*+2/p-4. The fourth-order valence-corrected chi connectivity index (χ4v) is 20.5. The van der Waals surface area contributed by atoms with Crippen LogP contribution in [-0.4, -0.2) is 198 Å². The quantitative estimate of drug-likeness (QED) is 0.0982. The van der Waals surface area contributed by atoms with Crippen molar-refractivity contribution in [1.29, 1.82) is 0 Å². The van der Waals surface area contributed by atoms with Crippen LogP contribution in [0.4, 0.5) is 0 Å². The number of hydrogen-bond acceptors (Lipinski definition) is 20. The molecule has 20 nitrogen and oxygen atoms in total. The average molecular weight is 949 g/mol. The maximum Gasteiger partial charge on any atom is 2.00 e. The van der Waals surface area contributed by atoms with Gasteiger partial charge in [-0.05, 0) is 74.0 Å². The van der Waals surface area contributed by atoms with Crippen molar-refractivity contribution in [2.75, 3.05) is 0 Å². The van der Waals surface area contributed by atoms with Gasteiger partial charge in [-0.15, -0.1) is 0 Å². The van der Waals surface area contributed by atoms with Gasteiger partial charge >= 0.3 is 75.5 Å². The molecule has 58 heavy (non-hydrogen) atoms. The Morgan fingerprint density at radius 2 is 0.466 bits per heavy atom. The van der Waals surface area contributed by atoms with Crippen LogP contribution < -0.4 is 42.5 Å². The first kappa shape index (κ1) is 47.8. The summed E-state index contributed by atoms with van der Waals surface area (Å²) in [6.45, 7) is 0. The molecule has 0 aromatic heterocycles. The van der Waals surface area contributed by atoms with E-state index >= 15 is 0 Å². The van der Waals surface area contributed by atoms with Crippen LogP contribution in [0, 0.1) is 47.3 Å². The third-order valence-electron chi connectivity index (χ3n) is 15.3. The molecule has 5 saturated heterocycles. The van der Waals surface area contributed by atoms with Gasteiger partial charge in [0, 0.05) is 11.8 Å². The Kier molecular flexibility index (Phi) is 14.5. The summed E-state index contributed by atoms with van der Waals surface area (Å²) < 4.78 is 157. The number of nitrogens with one attached hydrogen (secondary N) is 8. The first-order valence-electron chi connectivity index (χ1n) is 20.2. The molecule has 9 aliphatic rings. The molecule has 4 saturated carbocycles. The molecule has 9 rings (SSSR count). The smallest absolute Gasteiger partial charge is 0.748 e. The Labute approximate surface area is 400 Å². The molecule has 4 aliphatic carbocycles. The molecule has 9 fully saturated rings. The minimum absolute atomic E-state index is 0. The Morgan fingerprint density at radius 3 is 0.655 bits per heavy atom. The molecular weight excluding hydrogens is 897 g/mol. The van der Waals surface area contributed by atoms with Crippen LogP contribution in [0.1, 0.15) is 77.0 Å². The van der Waals surface area contributed by atoms with E-state index in [1.165, 1.54) is 0 Å². The van der Waals surface area contributed by atoms with Gasteiger partial charge in [0.25, 0.3) is 0 Å². The predicted octanol–water partition coefficient (Wildman–Crippen LogP) is -4.06. The largest absolute Gasteiger partial charge is 2.00 e. The Bertz CT molecular complexity index is 1860. The molecule has 0 aromatic carbocycles. The van der Waals surface area contributed by atoms with Gasteiger partial charge in [-0.1, -0.05) is 38.5 Å². The van der Waals surface area contributed by atoms with Gasteiger partial charge in [-0.25, -0.2) is 33.7 Å². The second kappa shape index (κ2) is 17.6. The predicted molar refractivity (Wildman–Crippen MR) is 204 cm³/mol. The van der Waals surface area contributed by atoms with Crippen molar-refractivity contribution in [2.24, 2.45) is 47.3 Å². The zero-order valence-corrected chi connectivity index (χ0v) is 39.7. The van der Waals surface area contributed by atoms with Crippen molar-refractivity contribution in [3.8, 4) is 0 Å². The SMILES string of the molecule is O=S(=O)([O-])C1C2C3NC4NC(NC5NC(NC6NC(NC(N3)C2C(S(=O)(=O)[O-])C(S(=O)(=O)[O-])C1S(=O)(=O)[O-])C1CCCCC61)C1CCCCC51)C1CCCCC41.[Ca+2].[Ca+2]. The summed E-state index contributed by atoms with van der Waals surface area (Å²) in [5.41, 5.74) is 0. The first-order chi connectivity index (χ1) is 26.3. The van der Waals surface area contributed by atoms with Gasteiger partial charge in [-0.2, -0.15) is 0 Å². The van der Waals surface area contributed by atoms with Crippen molar-refractivity contribution in [3.05, 3.63) is 0 Å². The Morgan fingerprint density at radius 1 is 0.293 bits per heavy atom. The van der Waals surface area contributed by atoms with E-state index in [2.05, 4.69) is 42.5 Å². The molecule has 5 heterocycles. The van der Waals surface area contributed by atoms with Crippen LogP contribution in [0.2, 0.25) is 0 Å².